The maximum Gasteiger partial charge on any atom is 0.329 e. The molecule has 1 aromatic heterocycles. The second-order valence-electron chi connectivity index (χ2n) is 4.26. The molecule has 0 aliphatic rings. The average Bonchev–Trinajstić information content (AvgIpc) is 2.49. The Morgan fingerprint density at radius 3 is 2.50 bits per heavy atom. The molecule has 16 heavy (non-hydrogen) atoms. The summed E-state index contributed by atoms with van der Waals surface area (Å²) in [6.45, 7) is 5.01. The van der Waals surface area contributed by atoms with Gasteiger partial charge in [0, 0.05) is 20.8 Å². The normalized spacial score (nSPS) is 14.1. The second-order valence-corrected chi connectivity index (χ2v) is 5.59. The van der Waals surface area contributed by atoms with Gasteiger partial charge >= 0.3 is 10.1 Å². The summed E-state index contributed by atoms with van der Waals surface area (Å²) in [5.41, 5.74) is -0.680. The van der Waals surface area contributed by atoms with Gasteiger partial charge in [0.05, 0.1) is 11.8 Å². The first kappa shape index (κ1) is 12.7. The smallest absolute Gasteiger partial charge is 0.329 e. The van der Waals surface area contributed by atoms with Crippen molar-refractivity contribution in [2.75, 3.05) is 0 Å². The SMILES string of the molecule is CC(C)(C)[N+]([O-])=Cc1ccoc1S(=O)(=O)O. The van der Waals surface area contributed by atoms with Crippen molar-refractivity contribution < 1.29 is 22.1 Å². The molecule has 0 fully saturated rings. The second kappa shape index (κ2) is 3.91. The molecule has 0 amide bonds. The van der Waals surface area contributed by atoms with E-state index in [4.69, 9.17) is 4.55 Å². The predicted molar refractivity (Wildman–Crippen MR) is 57.1 cm³/mol. The van der Waals surface area contributed by atoms with Crippen molar-refractivity contribution in [3.63, 3.8) is 0 Å². The highest BCUT2D eigenvalue weighted by atomic mass is 32.2. The van der Waals surface area contributed by atoms with Gasteiger partial charge in [0.15, 0.2) is 11.8 Å². The molecule has 0 atom stereocenters. The van der Waals surface area contributed by atoms with Crippen molar-refractivity contribution in [2.45, 2.75) is 31.4 Å². The zero-order chi connectivity index (χ0) is 12.6. The molecular weight excluding hydrogens is 234 g/mol. The summed E-state index contributed by atoms with van der Waals surface area (Å²) in [4.78, 5) is 0. The van der Waals surface area contributed by atoms with E-state index in [9.17, 15) is 13.6 Å². The Hall–Kier alpha value is -1.34. The zero-order valence-electron chi connectivity index (χ0n) is 9.17. The van der Waals surface area contributed by atoms with E-state index in [1.54, 1.807) is 20.8 Å². The molecule has 0 unspecified atom stereocenters. The van der Waals surface area contributed by atoms with Crippen LogP contribution in [0.3, 0.4) is 0 Å². The van der Waals surface area contributed by atoms with Crippen LogP contribution in [-0.4, -0.2) is 29.5 Å². The van der Waals surface area contributed by atoms with Gasteiger partial charge in [-0.25, -0.2) is 4.74 Å². The van der Waals surface area contributed by atoms with Gasteiger partial charge in [0.2, 0.25) is 0 Å². The lowest BCUT2D eigenvalue weighted by Crippen LogP contribution is -2.29. The monoisotopic (exact) mass is 247 g/mol. The van der Waals surface area contributed by atoms with Crippen LogP contribution in [0.1, 0.15) is 26.3 Å². The van der Waals surface area contributed by atoms with Crippen LogP contribution in [0, 0.1) is 5.21 Å². The molecule has 7 heteroatoms. The first-order chi connectivity index (χ1) is 7.12. The van der Waals surface area contributed by atoms with Gasteiger partial charge in [0.25, 0.3) is 5.09 Å². The highest BCUT2D eigenvalue weighted by molar-refractivity contribution is 7.85. The van der Waals surface area contributed by atoms with Crippen LogP contribution < -0.4 is 0 Å². The molecule has 6 nitrogen and oxygen atoms in total. The molecule has 1 N–H and O–H groups in total. The zero-order valence-corrected chi connectivity index (χ0v) is 9.98. The Morgan fingerprint density at radius 1 is 1.50 bits per heavy atom. The highest BCUT2D eigenvalue weighted by Crippen LogP contribution is 2.15. The first-order valence-electron chi connectivity index (χ1n) is 4.48. The average molecular weight is 247 g/mol. The molecule has 0 radical (unpaired) electrons. The van der Waals surface area contributed by atoms with Crippen molar-refractivity contribution in [1.82, 2.24) is 0 Å². The third-order valence-corrected chi connectivity index (χ3v) is 2.61. The van der Waals surface area contributed by atoms with E-state index in [1.807, 2.05) is 0 Å². The maximum absolute atomic E-state index is 11.6. The van der Waals surface area contributed by atoms with Gasteiger partial charge in [-0.15, -0.1) is 0 Å². The molecule has 0 saturated heterocycles. The lowest BCUT2D eigenvalue weighted by atomic mass is 10.1. The molecule has 0 bridgehead atoms. The van der Waals surface area contributed by atoms with E-state index in [0.717, 1.165) is 12.5 Å². The molecular formula is C9H13NO5S. The predicted octanol–water partition coefficient (Wildman–Crippen LogP) is 1.25. The van der Waals surface area contributed by atoms with Crippen LogP contribution >= 0.6 is 0 Å². The Bertz CT molecular complexity index is 506. The standard InChI is InChI=1S/C9H13NO5S/c1-9(2,3)10(11)6-7-4-5-15-8(7)16(12,13)14/h4-6H,1-3H3,(H,12,13,14). The fourth-order valence-corrected chi connectivity index (χ4v) is 1.53. The van der Waals surface area contributed by atoms with Gasteiger partial charge in [-0.1, -0.05) is 0 Å². The van der Waals surface area contributed by atoms with Crippen LogP contribution in [0.4, 0.5) is 0 Å². The molecule has 0 saturated carbocycles. The molecule has 1 heterocycles. The van der Waals surface area contributed by atoms with Gasteiger partial charge in [0.1, 0.15) is 0 Å². The van der Waals surface area contributed by atoms with E-state index in [0.29, 0.717) is 4.74 Å². The van der Waals surface area contributed by atoms with Gasteiger partial charge in [-0.2, -0.15) is 8.42 Å². The summed E-state index contributed by atoms with van der Waals surface area (Å²) < 4.78 is 35.7. The lowest BCUT2D eigenvalue weighted by Gasteiger charge is -2.18. The molecule has 0 aromatic carbocycles. The highest BCUT2D eigenvalue weighted by Gasteiger charge is 2.23. The summed E-state index contributed by atoms with van der Waals surface area (Å²) in [6.07, 6.45) is 2.15. The number of rotatable bonds is 2. The van der Waals surface area contributed by atoms with Crippen molar-refractivity contribution in [3.8, 4) is 0 Å². The minimum absolute atomic E-state index is 0.0208. The largest absolute Gasteiger partial charge is 0.623 e. The number of nitrogens with zero attached hydrogens (tertiary/aromatic N) is 1. The van der Waals surface area contributed by atoms with E-state index >= 15 is 0 Å². The molecule has 90 valence electrons. The van der Waals surface area contributed by atoms with Crippen LogP contribution in [0.5, 0.6) is 0 Å². The van der Waals surface area contributed by atoms with Crippen molar-refractivity contribution in [2.24, 2.45) is 0 Å². The number of hydroxylamine groups is 1. The quantitative estimate of drug-likeness (QED) is 0.279. The van der Waals surface area contributed by atoms with E-state index < -0.39 is 20.7 Å². The lowest BCUT2D eigenvalue weighted by molar-refractivity contribution is -0.530. The minimum atomic E-state index is -4.44. The maximum atomic E-state index is 11.6. The molecule has 0 aliphatic heterocycles. The van der Waals surface area contributed by atoms with E-state index in [1.165, 1.54) is 6.07 Å². The molecule has 1 rings (SSSR count). The number of hydrogen-bond acceptors (Lipinski definition) is 4. The summed E-state index contributed by atoms with van der Waals surface area (Å²) in [6, 6.07) is 1.29. The first-order valence-corrected chi connectivity index (χ1v) is 5.92. The molecule has 0 spiro atoms. The molecule has 0 aliphatic carbocycles. The number of furan rings is 1. The topological polar surface area (TPSA) is 93.6 Å². The Balaban J connectivity index is 3.23. The van der Waals surface area contributed by atoms with E-state index in [-0.39, 0.29) is 5.56 Å². The van der Waals surface area contributed by atoms with Crippen LogP contribution in [0.15, 0.2) is 21.8 Å². The van der Waals surface area contributed by atoms with Gasteiger partial charge in [-0.05, 0) is 6.07 Å². The fourth-order valence-electron chi connectivity index (χ4n) is 0.931. The van der Waals surface area contributed by atoms with Crippen molar-refractivity contribution in [1.29, 1.82) is 0 Å². The minimum Gasteiger partial charge on any atom is -0.623 e. The summed E-state index contributed by atoms with van der Waals surface area (Å²) in [5, 5.41) is 10.9. The summed E-state index contributed by atoms with van der Waals surface area (Å²) in [5.74, 6) is 0. The van der Waals surface area contributed by atoms with Crippen molar-refractivity contribution >= 4 is 16.3 Å². The fraction of sp³-hybridized carbons (Fsp3) is 0.444. The Morgan fingerprint density at radius 2 is 2.06 bits per heavy atom. The Kier molecular flexibility index (Phi) is 3.11. The van der Waals surface area contributed by atoms with Crippen LogP contribution in [0.25, 0.3) is 0 Å². The molecule has 1 aromatic rings. The van der Waals surface area contributed by atoms with Gasteiger partial charge < -0.3 is 9.62 Å². The third kappa shape index (κ3) is 2.83. The van der Waals surface area contributed by atoms with Crippen LogP contribution in [-0.2, 0) is 10.1 Å². The van der Waals surface area contributed by atoms with Gasteiger partial charge in [-0.3, -0.25) is 4.55 Å². The number of hydrogen-bond donors (Lipinski definition) is 1. The van der Waals surface area contributed by atoms with Crippen LogP contribution in [0.2, 0.25) is 0 Å². The summed E-state index contributed by atoms with van der Waals surface area (Å²) in [7, 11) is -4.44. The Labute approximate surface area is 93.5 Å². The third-order valence-electron chi connectivity index (χ3n) is 1.81. The van der Waals surface area contributed by atoms with Crippen molar-refractivity contribution in [3.05, 3.63) is 23.1 Å². The summed E-state index contributed by atoms with van der Waals surface area (Å²) >= 11 is 0. The van der Waals surface area contributed by atoms with E-state index in [2.05, 4.69) is 4.42 Å².